The molecule has 0 unspecified atom stereocenters. The molecule has 4 nitrogen and oxygen atoms in total. The van der Waals surface area contributed by atoms with E-state index in [4.69, 9.17) is 4.74 Å². The van der Waals surface area contributed by atoms with Crippen molar-refractivity contribution in [1.82, 2.24) is 10.3 Å². The molecule has 0 aliphatic rings. The summed E-state index contributed by atoms with van der Waals surface area (Å²) in [4.78, 5) is 16.7. The normalized spacial score (nSPS) is 10.4. The first-order valence-corrected chi connectivity index (χ1v) is 8.59. The van der Waals surface area contributed by atoms with Crippen molar-refractivity contribution in [3.63, 3.8) is 0 Å². The number of ether oxygens (including phenoxy) is 1. The molecule has 1 amide bonds. The standard InChI is InChI=1S/C22H22N2O2/c1-16-7-5-11-21(17(16)2)22(25)24-14-18-8-6-10-20(13-18)26-15-19-9-3-4-12-23-19/h3-13H,14-15H2,1-2H3,(H,24,25). The van der Waals surface area contributed by atoms with Gasteiger partial charge in [0.1, 0.15) is 12.4 Å². The van der Waals surface area contributed by atoms with Crippen molar-refractivity contribution in [2.75, 3.05) is 0 Å². The molecule has 132 valence electrons. The van der Waals surface area contributed by atoms with Crippen molar-refractivity contribution in [2.45, 2.75) is 27.0 Å². The predicted octanol–water partition coefficient (Wildman–Crippen LogP) is 4.21. The molecule has 0 aliphatic carbocycles. The van der Waals surface area contributed by atoms with E-state index in [9.17, 15) is 4.79 Å². The smallest absolute Gasteiger partial charge is 0.251 e. The number of benzene rings is 2. The van der Waals surface area contributed by atoms with Crippen molar-refractivity contribution in [3.8, 4) is 5.75 Å². The first-order valence-electron chi connectivity index (χ1n) is 8.59. The quantitative estimate of drug-likeness (QED) is 0.727. The third kappa shape index (κ3) is 4.48. The Morgan fingerprint density at radius 1 is 1.04 bits per heavy atom. The van der Waals surface area contributed by atoms with E-state index in [2.05, 4.69) is 10.3 Å². The molecule has 0 fully saturated rings. The van der Waals surface area contributed by atoms with Crippen molar-refractivity contribution in [2.24, 2.45) is 0 Å². The van der Waals surface area contributed by atoms with Crippen LogP contribution < -0.4 is 10.1 Å². The molecule has 0 aliphatic heterocycles. The first-order chi connectivity index (χ1) is 12.6. The zero-order valence-electron chi connectivity index (χ0n) is 15.0. The number of rotatable bonds is 6. The van der Waals surface area contributed by atoms with Gasteiger partial charge in [0.2, 0.25) is 0 Å². The molecule has 0 radical (unpaired) electrons. The van der Waals surface area contributed by atoms with Gasteiger partial charge in [-0.15, -0.1) is 0 Å². The molecule has 26 heavy (non-hydrogen) atoms. The van der Waals surface area contributed by atoms with Gasteiger partial charge in [0.05, 0.1) is 5.69 Å². The van der Waals surface area contributed by atoms with Crippen LogP contribution in [0.5, 0.6) is 5.75 Å². The van der Waals surface area contributed by atoms with Crippen LogP contribution in [0, 0.1) is 13.8 Å². The van der Waals surface area contributed by atoms with Crippen LogP contribution in [0.3, 0.4) is 0 Å². The van der Waals surface area contributed by atoms with Crippen LogP contribution in [0.15, 0.2) is 66.9 Å². The van der Waals surface area contributed by atoms with Crippen LogP contribution in [0.25, 0.3) is 0 Å². The summed E-state index contributed by atoms with van der Waals surface area (Å²) in [6.45, 7) is 4.84. The maximum atomic E-state index is 12.4. The number of hydrogen-bond donors (Lipinski definition) is 1. The fourth-order valence-corrected chi connectivity index (χ4v) is 2.66. The average molecular weight is 346 g/mol. The minimum absolute atomic E-state index is 0.0639. The van der Waals surface area contributed by atoms with Gasteiger partial charge in [0, 0.05) is 18.3 Å². The Balaban J connectivity index is 1.60. The van der Waals surface area contributed by atoms with E-state index in [1.54, 1.807) is 6.20 Å². The Bertz CT molecular complexity index is 892. The third-order valence-electron chi connectivity index (χ3n) is 4.31. The SMILES string of the molecule is Cc1cccc(C(=O)NCc2cccc(OCc3ccccn3)c2)c1C. The number of carbonyl (C=O) groups is 1. The highest BCUT2D eigenvalue weighted by molar-refractivity contribution is 5.95. The molecule has 0 bridgehead atoms. The first kappa shape index (κ1) is 17.7. The van der Waals surface area contributed by atoms with Crippen LogP contribution in [0.4, 0.5) is 0 Å². The molecular formula is C22H22N2O2. The fourth-order valence-electron chi connectivity index (χ4n) is 2.66. The maximum absolute atomic E-state index is 12.4. The third-order valence-corrected chi connectivity index (χ3v) is 4.31. The second-order valence-electron chi connectivity index (χ2n) is 6.19. The lowest BCUT2D eigenvalue weighted by molar-refractivity contribution is 0.0950. The molecule has 0 saturated carbocycles. The molecule has 0 spiro atoms. The lowest BCUT2D eigenvalue weighted by Crippen LogP contribution is -2.23. The zero-order valence-corrected chi connectivity index (χ0v) is 15.0. The van der Waals surface area contributed by atoms with Crippen molar-refractivity contribution in [3.05, 3.63) is 94.8 Å². The maximum Gasteiger partial charge on any atom is 0.251 e. The number of aryl methyl sites for hydroxylation is 1. The van der Waals surface area contributed by atoms with Gasteiger partial charge in [0.25, 0.3) is 5.91 Å². The average Bonchev–Trinajstić information content (AvgIpc) is 2.68. The summed E-state index contributed by atoms with van der Waals surface area (Å²) in [5, 5.41) is 2.98. The molecular weight excluding hydrogens is 324 g/mol. The van der Waals surface area contributed by atoms with Gasteiger partial charge in [-0.3, -0.25) is 9.78 Å². The summed E-state index contributed by atoms with van der Waals surface area (Å²) in [7, 11) is 0. The van der Waals surface area contributed by atoms with Gasteiger partial charge in [-0.2, -0.15) is 0 Å². The van der Waals surface area contributed by atoms with E-state index in [1.165, 1.54) is 0 Å². The van der Waals surface area contributed by atoms with Crippen LogP contribution in [0.1, 0.15) is 32.7 Å². The van der Waals surface area contributed by atoms with E-state index < -0.39 is 0 Å². The zero-order chi connectivity index (χ0) is 18.4. The number of amides is 1. The van der Waals surface area contributed by atoms with Gasteiger partial charge >= 0.3 is 0 Å². The number of carbonyl (C=O) groups excluding carboxylic acids is 1. The summed E-state index contributed by atoms with van der Waals surface area (Å²) in [6, 6.07) is 19.2. The van der Waals surface area contributed by atoms with E-state index in [0.29, 0.717) is 18.7 Å². The summed E-state index contributed by atoms with van der Waals surface area (Å²) in [5.74, 6) is 0.695. The number of nitrogens with zero attached hydrogens (tertiary/aromatic N) is 1. The van der Waals surface area contributed by atoms with E-state index in [-0.39, 0.29) is 5.91 Å². The predicted molar refractivity (Wildman–Crippen MR) is 102 cm³/mol. The molecule has 0 saturated heterocycles. The molecule has 1 heterocycles. The highest BCUT2D eigenvalue weighted by Crippen LogP contribution is 2.16. The molecule has 0 atom stereocenters. The number of aromatic nitrogens is 1. The van der Waals surface area contributed by atoms with Crippen LogP contribution in [0.2, 0.25) is 0 Å². The molecule has 3 aromatic rings. The van der Waals surface area contributed by atoms with Crippen LogP contribution in [-0.2, 0) is 13.2 Å². The Hall–Kier alpha value is -3.14. The summed E-state index contributed by atoms with van der Waals surface area (Å²) in [5.41, 5.74) is 4.70. The van der Waals surface area contributed by atoms with Gasteiger partial charge in [-0.25, -0.2) is 0 Å². The second kappa shape index (κ2) is 8.30. The van der Waals surface area contributed by atoms with Gasteiger partial charge < -0.3 is 10.1 Å². The Labute approximate surface area is 153 Å². The van der Waals surface area contributed by atoms with Gasteiger partial charge in [0.15, 0.2) is 0 Å². The molecule has 1 aromatic heterocycles. The summed E-state index contributed by atoms with van der Waals surface area (Å²) < 4.78 is 5.78. The Morgan fingerprint density at radius 2 is 1.88 bits per heavy atom. The minimum atomic E-state index is -0.0639. The highest BCUT2D eigenvalue weighted by Gasteiger charge is 2.09. The fraction of sp³-hybridized carbons (Fsp3) is 0.182. The Morgan fingerprint density at radius 3 is 2.69 bits per heavy atom. The second-order valence-corrected chi connectivity index (χ2v) is 6.19. The lowest BCUT2D eigenvalue weighted by atomic mass is 10.0. The lowest BCUT2D eigenvalue weighted by Gasteiger charge is -2.11. The number of pyridine rings is 1. The minimum Gasteiger partial charge on any atom is -0.487 e. The van der Waals surface area contributed by atoms with Crippen molar-refractivity contribution in [1.29, 1.82) is 0 Å². The monoisotopic (exact) mass is 346 g/mol. The summed E-state index contributed by atoms with van der Waals surface area (Å²) >= 11 is 0. The molecule has 4 heteroatoms. The summed E-state index contributed by atoms with van der Waals surface area (Å²) in [6.07, 6.45) is 1.75. The van der Waals surface area contributed by atoms with E-state index in [1.807, 2.05) is 74.5 Å². The Kier molecular flexibility index (Phi) is 5.64. The van der Waals surface area contributed by atoms with E-state index >= 15 is 0 Å². The number of nitrogens with one attached hydrogen (secondary N) is 1. The molecule has 2 aromatic carbocycles. The molecule has 3 rings (SSSR count). The number of hydrogen-bond acceptors (Lipinski definition) is 3. The van der Waals surface area contributed by atoms with Gasteiger partial charge in [-0.05, 0) is 60.9 Å². The van der Waals surface area contributed by atoms with Gasteiger partial charge in [-0.1, -0.05) is 30.3 Å². The van der Waals surface area contributed by atoms with E-state index in [0.717, 1.165) is 28.1 Å². The highest BCUT2D eigenvalue weighted by atomic mass is 16.5. The van der Waals surface area contributed by atoms with Crippen LogP contribution in [-0.4, -0.2) is 10.9 Å². The molecule has 1 N–H and O–H groups in total. The van der Waals surface area contributed by atoms with Crippen molar-refractivity contribution < 1.29 is 9.53 Å². The van der Waals surface area contributed by atoms with Crippen molar-refractivity contribution >= 4 is 5.91 Å². The topological polar surface area (TPSA) is 51.2 Å². The largest absolute Gasteiger partial charge is 0.487 e. The van der Waals surface area contributed by atoms with Crippen LogP contribution >= 0.6 is 0 Å².